The van der Waals surface area contributed by atoms with Crippen LogP contribution in [0.2, 0.25) is 0 Å². The summed E-state index contributed by atoms with van der Waals surface area (Å²) in [6.45, 7) is 0.777. The van der Waals surface area contributed by atoms with E-state index in [4.69, 9.17) is 10.5 Å². The van der Waals surface area contributed by atoms with Crippen molar-refractivity contribution in [1.82, 2.24) is 0 Å². The lowest BCUT2D eigenvalue weighted by molar-refractivity contribution is 0.254. The van der Waals surface area contributed by atoms with Crippen LogP contribution in [0.4, 0.5) is 0 Å². The van der Waals surface area contributed by atoms with Crippen LogP contribution in [0.15, 0.2) is 41.1 Å². The minimum atomic E-state index is 0.171. The monoisotopic (exact) mass is 259 g/mol. The Kier molecular flexibility index (Phi) is 3.35. The molecule has 2 heterocycles. The van der Waals surface area contributed by atoms with Crippen molar-refractivity contribution in [3.05, 3.63) is 52.2 Å². The van der Waals surface area contributed by atoms with Gasteiger partial charge < -0.3 is 10.5 Å². The van der Waals surface area contributed by atoms with Crippen molar-refractivity contribution in [2.75, 3.05) is 6.61 Å². The van der Waals surface area contributed by atoms with Gasteiger partial charge in [0, 0.05) is 12.0 Å². The molecule has 1 aromatic heterocycles. The Hall–Kier alpha value is -1.32. The number of hydrogen-bond acceptors (Lipinski definition) is 3. The molecule has 0 amide bonds. The molecule has 2 N–H and O–H groups in total. The van der Waals surface area contributed by atoms with Crippen molar-refractivity contribution < 1.29 is 4.74 Å². The van der Waals surface area contributed by atoms with Gasteiger partial charge in [-0.25, -0.2) is 0 Å². The quantitative estimate of drug-likeness (QED) is 0.918. The van der Waals surface area contributed by atoms with Gasteiger partial charge in [0.1, 0.15) is 5.75 Å². The topological polar surface area (TPSA) is 35.2 Å². The molecule has 0 aliphatic carbocycles. The average Bonchev–Trinajstić information content (AvgIpc) is 2.91. The SMILES string of the molecule is NC(Cc1ccsc1)C1CCOc2ccccc21. The molecule has 94 valence electrons. The number of thiophene rings is 1. The maximum absolute atomic E-state index is 6.40. The van der Waals surface area contributed by atoms with Gasteiger partial charge in [0.15, 0.2) is 0 Å². The van der Waals surface area contributed by atoms with Gasteiger partial charge in [0.05, 0.1) is 6.61 Å². The second-order valence-corrected chi connectivity index (χ2v) is 5.56. The lowest BCUT2D eigenvalue weighted by Crippen LogP contribution is -2.33. The molecule has 0 saturated carbocycles. The number of ether oxygens (including phenoxy) is 1. The second-order valence-electron chi connectivity index (χ2n) is 4.78. The van der Waals surface area contributed by atoms with E-state index in [9.17, 15) is 0 Å². The van der Waals surface area contributed by atoms with Crippen LogP contribution in [-0.4, -0.2) is 12.6 Å². The minimum absolute atomic E-state index is 0.171. The van der Waals surface area contributed by atoms with Gasteiger partial charge in [-0.3, -0.25) is 0 Å². The summed E-state index contributed by atoms with van der Waals surface area (Å²) in [5, 5.41) is 4.30. The molecule has 1 aromatic carbocycles. The molecular weight excluding hydrogens is 242 g/mol. The van der Waals surface area contributed by atoms with Gasteiger partial charge in [-0.05, 0) is 46.9 Å². The molecule has 2 unspecified atom stereocenters. The molecule has 0 radical (unpaired) electrons. The van der Waals surface area contributed by atoms with Crippen LogP contribution in [0.25, 0.3) is 0 Å². The van der Waals surface area contributed by atoms with E-state index < -0.39 is 0 Å². The van der Waals surface area contributed by atoms with E-state index in [1.165, 1.54) is 11.1 Å². The van der Waals surface area contributed by atoms with Crippen LogP contribution >= 0.6 is 11.3 Å². The molecule has 2 atom stereocenters. The van der Waals surface area contributed by atoms with Crippen LogP contribution in [-0.2, 0) is 6.42 Å². The Bertz CT molecular complexity index is 509. The van der Waals surface area contributed by atoms with Crippen LogP contribution in [0.1, 0.15) is 23.5 Å². The standard InChI is InChI=1S/C15H17NOS/c16-14(9-11-6-8-18-10-11)12-5-7-17-15-4-2-1-3-13(12)15/h1-4,6,8,10,12,14H,5,7,9,16H2. The fourth-order valence-corrected chi connectivity index (χ4v) is 3.32. The predicted octanol–water partition coefficient (Wildman–Crippen LogP) is 3.18. The number of para-hydroxylation sites is 1. The van der Waals surface area contributed by atoms with Crippen LogP contribution in [0.3, 0.4) is 0 Å². The third kappa shape index (κ3) is 2.28. The summed E-state index contributed by atoms with van der Waals surface area (Å²) in [5.74, 6) is 1.42. The second kappa shape index (κ2) is 5.12. The molecule has 2 aromatic rings. The summed E-state index contributed by atoms with van der Waals surface area (Å²) in [6, 6.07) is 10.6. The summed E-state index contributed by atoms with van der Waals surface area (Å²) < 4.78 is 5.69. The Morgan fingerprint density at radius 3 is 3.06 bits per heavy atom. The van der Waals surface area contributed by atoms with Crippen LogP contribution < -0.4 is 10.5 Å². The first-order chi connectivity index (χ1) is 8.84. The number of benzene rings is 1. The average molecular weight is 259 g/mol. The third-order valence-electron chi connectivity index (χ3n) is 3.57. The Balaban J connectivity index is 1.80. The van der Waals surface area contributed by atoms with Crippen molar-refractivity contribution >= 4 is 11.3 Å². The molecule has 1 aliphatic rings. The van der Waals surface area contributed by atoms with Gasteiger partial charge in [0.2, 0.25) is 0 Å². The van der Waals surface area contributed by atoms with Crippen LogP contribution in [0, 0.1) is 0 Å². The van der Waals surface area contributed by atoms with E-state index >= 15 is 0 Å². The Labute approximate surface area is 111 Å². The molecular formula is C15H17NOS. The largest absolute Gasteiger partial charge is 0.493 e. The first-order valence-electron chi connectivity index (χ1n) is 6.33. The van der Waals surface area contributed by atoms with Gasteiger partial charge in [0.25, 0.3) is 0 Å². The highest BCUT2D eigenvalue weighted by Crippen LogP contribution is 2.35. The Morgan fingerprint density at radius 1 is 1.33 bits per heavy atom. The van der Waals surface area contributed by atoms with Crippen molar-refractivity contribution in [3.63, 3.8) is 0 Å². The minimum Gasteiger partial charge on any atom is -0.493 e. The summed E-state index contributed by atoms with van der Waals surface area (Å²) in [4.78, 5) is 0. The van der Waals surface area contributed by atoms with E-state index in [1.807, 2.05) is 12.1 Å². The first kappa shape index (κ1) is 11.8. The Morgan fingerprint density at radius 2 is 2.22 bits per heavy atom. The lowest BCUT2D eigenvalue weighted by Gasteiger charge is -2.30. The smallest absolute Gasteiger partial charge is 0.122 e. The molecule has 0 spiro atoms. The zero-order chi connectivity index (χ0) is 12.4. The fraction of sp³-hybridized carbons (Fsp3) is 0.333. The van der Waals surface area contributed by atoms with Crippen molar-refractivity contribution in [2.24, 2.45) is 5.73 Å². The summed E-state index contributed by atoms with van der Waals surface area (Å²) in [5.41, 5.74) is 9.02. The summed E-state index contributed by atoms with van der Waals surface area (Å²) in [6.07, 6.45) is 1.96. The van der Waals surface area contributed by atoms with Gasteiger partial charge in [-0.2, -0.15) is 11.3 Å². The van der Waals surface area contributed by atoms with Crippen molar-refractivity contribution in [3.8, 4) is 5.75 Å². The summed E-state index contributed by atoms with van der Waals surface area (Å²) in [7, 11) is 0. The highest BCUT2D eigenvalue weighted by Gasteiger charge is 2.26. The van der Waals surface area contributed by atoms with E-state index in [-0.39, 0.29) is 6.04 Å². The third-order valence-corrected chi connectivity index (χ3v) is 4.31. The van der Waals surface area contributed by atoms with Gasteiger partial charge in [-0.1, -0.05) is 18.2 Å². The zero-order valence-corrected chi connectivity index (χ0v) is 11.0. The molecule has 0 saturated heterocycles. The molecule has 1 aliphatic heterocycles. The van der Waals surface area contributed by atoms with Crippen molar-refractivity contribution in [2.45, 2.75) is 24.8 Å². The number of rotatable bonds is 3. The number of nitrogens with two attached hydrogens (primary N) is 1. The van der Waals surface area contributed by atoms with E-state index in [0.717, 1.165) is 25.2 Å². The highest BCUT2D eigenvalue weighted by molar-refractivity contribution is 7.07. The maximum Gasteiger partial charge on any atom is 0.122 e. The molecule has 18 heavy (non-hydrogen) atoms. The number of fused-ring (bicyclic) bond motifs is 1. The van der Waals surface area contributed by atoms with Crippen molar-refractivity contribution in [1.29, 1.82) is 0 Å². The molecule has 3 heteroatoms. The number of hydrogen-bond donors (Lipinski definition) is 1. The molecule has 0 fully saturated rings. The fourth-order valence-electron chi connectivity index (χ4n) is 2.64. The van der Waals surface area contributed by atoms with Crippen LogP contribution in [0.5, 0.6) is 5.75 Å². The van der Waals surface area contributed by atoms with E-state index in [2.05, 4.69) is 29.0 Å². The predicted molar refractivity (Wildman–Crippen MR) is 75.3 cm³/mol. The molecule has 3 rings (SSSR count). The maximum atomic E-state index is 6.40. The summed E-state index contributed by atoms with van der Waals surface area (Å²) >= 11 is 1.73. The zero-order valence-electron chi connectivity index (χ0n) is 10.2. The molecule has 0 bridgehead atoms. The van der Waals surface area contributed by atoms with E-state index in [1.54, 1.807) is 11.3 Å². The normalized spacial score (nSPS) is 19.9. The lowest BCUT2D eigenvalue weighted by atomic mass is 9.84. The highest BCUT2D eigenvalue weighted by atomic mass is 32.1. The van der Waals surface area contributed by atoms with Gasteiger partial charge >= 0.3 is 0 Å². The first-order valence-corrected chi connectivity index (χ1v) is 7.27. The van der Waals surface area contributed by atoms with E-state index in [0.29, 0.717) is 5.92 Å². The molecule has 2 nitrogen and oxygen atoms in total. The van der Waals surface area contributed by atoms with Gasteiger partial charge in [-0.15, -0.1) is 0 Å².